The van der Waals surface area contributed by atoms with Crippen LogP contribution in [-0.2, 0) is 9.59 Å². The molecule has 0 atom stereocenters. The van der Waals surface area contributed by atoms with Crippen LogP contribution in [0.3, 0.4) is 0 Å². The predicted octanol–water partition coefficient (Wildman–Crippen LogP) is -2.18. The van der Waals surface area contributed by atoms with E-state index in [0.717, 1.165) is 13.8 Å². The summed E-state index contributed by atoms with van der Waals surface area (Å²) in [6.45, 7) is 2.31. The molecule has 0 saturated heterocycles. The van der Waals surface area contributed by atoms with Gasteiger partial charge in [-0.15, -0.1) is 0 Å². The van der Waals surface area contributed by atoms with Gasteiger partial charge in [-0.25, -0.2) is 0 Å². The Balaban J connectivity index is 4.67. The van der Waals surface area contributed by atoms with E-state index in [1.165, 1.54) is 0 Å². The van der Waals surface area contributed by atoms with Crippen molar-refractivity contribution in [2.45, 2.75) is 13.8 Å². The molecule has 0 rings (SSSR count). The Morgan fingerprint density at radius 1 is 0.900 bits per heavy atom. The van der Waals surface area contributed by atoms with E-state index in [4.69, 9.17) is 0 Å². The lowest BCUT2D eigenvalue weighted by Crippen LogP contribution is -2.29. The molecule has 0 bridgehead atoms. The molecule has 4 nitrogen and oxygen atoms in total. The smallest absolute Gasteiger partial charge is 0.0675 e. The van der Waals surface area contributed by atoms with Crippen LogP contribution in [0.15, 0.2) is 11.1 Å². The lowest BCUT2D eigenvalue weighted by molar-refractivity contribution is -0.304. The van der Waals surface area contributed by atoms with Crippen LogP contribution in [0.25, 0.3) is 0 Å². The molecular weight excluding hydrogens is 136 g/mol. The van der Waals surface area contributed by atoms with E-state index in [1.807, 2.05) is 0 Å². The lowest BCUT2D eigenvalue weighted by Gasteiger charge is -2.08. The average molecular weight is 142 g/mol. The Labute approximate surface area is 57.8 Å². The number of carbonyl (C=O) groups excluding carboxylic acids is 2. The number of hydrogen-bond acceptors (Lipinski definition) is 4. The van der Waals surface area contributed by atoms with E-state index in [0.29, 0.717) is 0 Å². The second kappa shape index (κ2) is 3.00. The summed E-state index contributed by atoms with van der Waals surface area (Å²) >= 11 is 0. The first-order chi connectivity index (χ1) is 4.46. The second-order valence-corrected chi connectivity index (χ2v) is 1.82. The van der Waals surface area contributed by atoms with Crippen LogP contribution >= 0.6 is 0 Å². The van der Waals surface area contributed by atoms with Crippen LogP contribution in [0.2, 0.25) is 0 Å². The van der Waals surface area contributed by atoms with E-state index in [-0.39, 0.29) is 11.1 Å². The molecular formula is C6H6O4-2. The zero-order chi connectivity index (χ0) is 8.31. The zero-order valence-corrected chi connectivity index (χ0v) is 5.63. The Bertz CT molecular complexity index is 180. The monoisotopic (exact) mass is 142 g/mol. The normalized spacial score (nSPS) is 12.2. The van der Waals surface area contributed by atoms with Crippen LogP contribution in [0.1, 0.15) is 13.8 Å². The average Bonchev–Trinajstić information content (AvgIpc) is 1.84. The molecule has 4 heteroatoms. The van der Waals surface area contributed by atoms with E-state index >= 15 is 0 Å². The number of carboxylic acid groups (broad SMARTS) is 2. The molecule has 0 aliphatic rings. The molecule has 0 aromatic heterocycles. The maximum Gasteiger partial charge on any atom is 0.0675 e. The van der Waals surface area contributed by atoms with Crippen molar-refractivity contribution in [2.75, 3.05) is 0 Å². The third kappa shape index (κ3) is 1.89. The summed E-state index contributed by atoms with van der Waals surface area (Å²) in [5.74, 6) is -2.97. The van der Waals surface area contributed by atoms with Crippen LogP contribution in [-0.4, -0.2) is 11.9 Å². The fraction of sp³-hybridized carbons (Fsp3) is 0.333. The fourth-order valence-electron chi connectivity index (χ4n) is 0.306. The van der Waals surface area contributed by atoms with Crippen molar-refractivity contribution in [1.82, 2.24) is 0 Å². The van der Waals surface area contributed by atoms with Gasteiger partial charge in [0.15, 0.2) is 0 Å². The molecule has 10 heavy (non-hydrogen) atoms. The zero-order valence-electron chi connectivity index (χ0n) is 5.63. The number of aliphatic carboxylic acids is 2. The van der Waals surface area contributed by atoms with Gasteiger partial charge >= 0.3 is 0 Å². The first kappa shape index (κ1) is 8.68. The van der Waals surface area contributed by atoms with Crippen molar-refractivity contribution < 1.29 is 19.8 Å². The van der Waals surface area contributed by atoms with Crippen molar-refractivity contribution in [3.05, 3.63) is 11.1 Å². The van der Waals surface area contributed by atoms with Crippen molar-refractivity contribution in [1.29, 1.82) is 0 Å². The summed E-state index contributed by atoms with van der Waals surface area (Å²) in [4.78, 5) is 20.0. The van der Waals surface area contributed by atoms with Gasteiger partial charge in [0.05, 0.1) is 11.9 Å². The third-order valence-electron chi connectivity index (χ3n) is 1.17. The largest absolute Gasteiger partial charge is 0.545 e. The first-order valence-electron chi connectivity index (χ1n) is 2.57. The first-order valence-corrected chi connectivity index (χ1v) is 2.57. The molecule has 0 N–H and O–H groups in total. The molecule has 0 radical (unpaired) electrons. The summed E-state index contributed by atoms with van der Waals surface area (Å²) in [5, 5.41) is 20.0. The minimum Gasteiger partial charge on any atom is -0.545 e. The lowest BCUT2D eigenvalue weighted by atomic mass is 10.1. The highest BCUT2D eigenvalue weighted by Crippen LogP contribution is 1.99. The van der Waals surface area contributed by atoms with Crippen molar-refractivity contribution in [2.24, 2.45) is 0 Å². The van der Waals surface area contributed by atoms with Gasteiger partial charge in [-0.2, -0.15) is 0 Å². The van der Waals surface area contributed by atoms with E-state index in [9.17, 15) is 19.8 Å². The van der Waals surface area contributed by atoms with Crippen molar-refractivity contribution in [3.63, 3.8) is 0 Å². The number of rotatable bonds is 2. The van der Waals surface area contributed by atoms with Crippen LogP contribution < -0.4 is 10.2 Å². The van der Waals surface area contributed by atoms with Crippen LogP contribution in [0.4, 0.5) is 0 Å². The number of carboxylic acids is 2. The standard InChI is InChI=1S/C6H8O4/c1-3(5(7)8)4(2)6(9)10/h1-2H3,(H,7,8)(H,9,10)/p-2/b4-3+. The quantitative estimate of drug-likeness (QED) is 0.410. The van der Waals surface area contributed by atoms with Gasteiger partial charge in [-0.1, -0.05) is 0 Å². The van der Waals surface area contributed by atoms with Gasteiger partial charge < -0.3 is 19.8 Å². The molecule has 0 amide bonds. The number of carbonyl (C=O) groups is 2. The molecule has 0 aliphatic heterocycles. The minimum absolute atomic E-state index is 0.306. The molecule has 0 spiro atoms. The van der Waals surface area contributed by atoms with Gasteiger partial charge in [0.25, 0.3) is 0 Å². The van der Waals surface area contributed by atoms with Gasteiger partial charge in [0.2, 0.25) is 0 Å². The van der Waals surface area contributed by atoms with Crippen LogP contribution in [0.5, 0.6) is 0 Å². The second-order valence-electron chi connectivity index (χ2n) is 1.82. The number of hydrogen-bond donors (Lipinski definition) is 0. The van der Waals surface area contributed by atoms with Gasteiger partial charge in [0, 0.05) is 0 Å². The Hall–Kier alpha value is -1.32. The highest BCUT2D eigenvalue weighted by molar-refractivity contribution is 5.96. The Morgan fingerprint density at radius 2 is 1.10 bits per heavy atom. The molecule has 0 saturated carbocycles. The SMILES string of the molecule is C/C(C(=O)[O-])=C(/C)C(=O)[O-]. The molecule has 0 aromatic rings. The summed E-state index contributed by atoms with van der Waals surface area (Å²) < 4.78 is 0. The van der Waals surface area contributed by atoms with Gasteiger partial charge in [-0.3, -0.25) is 0 Å². The highest BCUT2D eigenvalue weighted by atomic mass is 16.4. The summed E-state index contributed by atoms with van der Waals surface area (Å²) in [5.41, 5.74) is -0.611. The summed E-state index contributed by atoms with van der Waals surface area (Å²) in [6.07, 6.45) is 0. The maximum absolute atomic E-state index is 9.99. The molecule has 0 unspecified atom stereocenters. The van der Waals surface area contributed by atoms with Crippen molar-refractivity contribution >= 4 is 11.9 Å². The third-order valence-corrected chi connectivity index (χ3v) is 1.17. The van der Waals surface area contributed by atoms with Crippen molar-refractivity contribution in [3.8, 4) is 0 Å². The maximum atomic E-state index is 9.99. The highest BCUT2D eigenvalue weighted by Gasteiger charge is 1.96. The predicted molar refractivity (Wildman–Crippen MR) is 28.4 cm³/mol. The van der Waals surface area contributed by atoms with Gasteiger partial charge in [0.1, 0.15) is 0 Å². The molecule has 0 heterocycles. The Kier molecular flexibility index (Phi) is 2.61. The van der Waals surface area contributed by atoms with E-state index in [1.54, 1.807) is 0 Å². The van der Waals surface area contributed by atoms with E-state index < -0.39 is 11.9 Å². The molecule has 0 aliphatic carbocycles. The van der Waals surface area contributed by atoms with E-state index in [2.05, 4.69) is 0 Å². The summed E-state index contributed by atoms with van der Waals surface area (Å²) in [7, 11) is 0. The molecule has 0 fully saturated rings. The minimum atomic E-state index is -1.48. The van der Waals surface area contributed by atoms with Gasteiger partial charge in [-0.05, 0) is 25.0 Å². The topological polar surface area (TPSA) is 80.3 Å². The Morgan fingerprint density at radius 3 is 1.20 bits per heavy atom. The summed E-state index contributed by atoms with van der Waals surface area (Å²) in [6, 6.07) is 0. The molecule has 0 aromatic carbocycles. The fourth-order valence-corrected chi connectivity index (χ4v) is 0.306. The molecule has 56 valence electrons. The van der Waals surface area contributed by atoms with Crippen LogP contribution in [0, 0.1) is 0 Å².